The van der Waals surface area contributed by atoms with Gasteiger partial charge in [-0.2, -0.15) is 5.10 Å². The first-order valence-corrected chi connectivity index (χ1v) is 10.2. The Bertz CT molecular complexity index is 1350. The van der Waals surface area contributed by atoms with E-state index in [2.05, 4.69) is 15.5 Å². The van der Waals surface area contributed by atoms with Gasteiger partial charge in [-0.3, -0.25) is 14.9 Å². The fraction of sp³-hybridized carbons (Fsp3) is 0.0952. The summed E-state index contributed by atoms with van der Waals surface area (Å²) in [5, 5.41) is 27.0. The van der Waals surface area contributed by atoms with Crippen molar-refractivity contribution in [3.8, 4) is 5.75 Å². The lowest BCUT2D eigenvalue weighted by Gasteiger charge is -2.06. The number of nitrogens with zero attached hydrogens (tertiary/aromatic N) is 4. The first kappa shape index (κ1) is 20.4. The van der Waals surface area contributed by atoms with E-state index >= 15 is 0 Å². The maximum Gasteiger partial charge on any atom is 0.278 e. The molecule has 1 heterocycles. The van der Waals surface area contributed by atoms with Gasteiger partial charge >= 0.3 is 0 Å². The topological polar surface area (TPSA) is 123 Å². The molecule has 0 spiro atoms. The van der Waals surface area contributed by atoms with Gasteiger partial charge in [0.1, 0.15) is 5.75 Å². The van der Waals surface area contributed by atoms with E-state index in [-0.39, 0.29) is 28.7 Å². The lowest BCUT2D eigenvalue weighted by atomic mass is 10.0. The van der Waals surface area contributed by atoms with Crippen LogP contribution in [0.25, 0.3) is 21.8 Å². The largest absolute Gasteiger partial charge is 0.507 e. The number of carbonyl (C=O) groups is 1. The zero-order chi connectivity index (χ0) is 22.0. The number of nitro benzene ring substituents is 1. The first-order valence-electron chi connectivity index (χ1n) is 9.21. The molecule has 0 atom stereocenters. The predicted octanol–water partition coefficient (Wildman–Crippen LogP) is 3.58. The maximum absolute atomic E-state index is 12.2. The minimum Gasteiger partial charge on any atom is -0.507 e. The third-order valence-electron chi connectivity index (χ3n) is 4.69. The second-order valence-electron chi connectivity index (χ2n) is 6.66. The molecule has 0 saturated heterocycles. The average Bonchev–Trinajstić information content (AvgIpc) is 3.09. The van der Waals surface area contributed by atoms with Crippen LogP contribution in [0.4, 0.5) is 5.69 Å². The monoisotopic (exact) mass is 435 g/mol. The van der Waals surface area contributed by atoms with Crippen molar-refractivity contribution in [1.29, 1.82) is 0 Å². The fourth-order valence-corrected chi connectivity index (χ4v) is 3.98. The molecule has 0 unspecified atom stereocenters. The van der Waals surface area contributed by atoms with Gasteiger partial charge in [0.05, 0.1) is 33.3 Å². The zero-order valence-corrected chi connectivity index (χ0v) is 17.2. The molecule has 3 aromatic carbocycles. The molecule has 2 N–H and O–H groups in total. The van der Waals surface area contributed by atoms with E-state index in [9.17, 15) is 20.0 Å². The lowest BCUT2D eigenvalue weighted by Crippen LogP contribution is -2.19. The minimum absolute atomic E-state index is 0.0817. The molecule has 1 aromatic heterocycles. The first-order chi connectivity index (χ1) is 15.0. The van der Waals surface area contributed by atoms with Crippen LogP contribution in [0.5, 0.6) is 5.75 Å². The van der Waals surface area contributed by atoms with Gasteiger partial charge in [0.2, 0.25) is 0 Å². The number of para-hydroxylation sites is 2. The van der Waals surface area contributed by atoms with Crippen molar-refractivity contribution in [2.45, 2.75) is 5.16 Å². The van der Waals surface area contributed by atoms with E-state index in [1.165, 1.54) is 24.0 Å². The lowest BCUT2D eigenvalue weighted by molar-refractivity contribution is -0.383. The quantitative estimate of drug-likeness (QED) is 0.207. The molecule has 0 aliphatic rings. The normalized spacial score (nSPS) is 11.4. The number of hydrogen-bond donors (Lipinski definition) is 2. The van der Waals surface area contributed by atoms with Crippen LogP contribution >= 0.6 is 11.8 Å². The number of carbonyl (C=O) groups excluding carboxylic acids is 1. The van der Waals surface area contributed by atoms with Crippen LogP contribution in [-0.2, 0) is 11.8 Å². The van der Waals surface area contributed by atoms with Gasteiger partial charge in [0, 0.05) is 24.1 Å². The summed E-state index contributed by atoms with van der Waals surface area (Å²) >= 11 is 1.27. The van der Waals surface area contributed by atoms with Crippen molar-refractivity contribution >= 4 is 51.4 Å². The van der Waals surface area contributed by atoms with Gasteiger partial charge in [0.25, 0.3) is 11.6 Å². The van der Waals surface area contributed by atoms with Gasteiger partial charge < -0.3 is 9.67 Å². The van der Waals surface area contributed by atoms with Crippen molar-refractivity contribution in [2.75, 3.05) is 5.75 Å². The van der Waals surface area contributed by atoms with E-state index in [1.807, 2.05) is 35.9 Å². The number of thioether (sulfide) groups is 1. The Kier molecular flexibility index (Phi) is 5.54. The number of amides is 1. The van der Waals surface area contributed by atoms with Gasteiger partial charge in [-0.05, 0) is 18.2 Å². The highest BCUT2D eigenvalue weighted by atomic mass is 32.2. The molecule has 0 fully saturated rings. The van der Waals surface area contributed by atoms with Crippen molar-refractivity contribution in [3.63, 3.8) is 0 Å². The number of aromatic hydroxyl groups is 1. The summed E-state index contributed by atoms with van der Waals surface area (Å²) in [4.78, 5) is 27.5. The maximum atomic E-state index is 12.2. The number of benzene rings is 3. The molecule has 31 heavy (non-hydrogen) atoms. The highest BCUT2D eigenvalue weighted by Gasteiger charge is 2.17. The summed E-state index contributed by atoms with van der Waals surface area (Å²) in [5.41, 5.74) is 4.17. The van der Waals surface area contributed by atoms with Gasteiger partial charge in [0.15, 0.2) is 5.16 Å². The van der Waals surface area contributed by atoms with E-state index in [0.717, 1.165) is 11.0 Å². The summed E-state index contributed by atoms with van der Waals surface area (Å²) in [7, 11) is 1.88. The van der Waals surface area contributed by atoms with Gasteiger partial charge in [-0.1, -0.05) is 42.1 Å². The number of aryl methyl sites for hydroxylation is 1. The summed E-state index contributed by atoms with van der Waals surface area (Å²) in [6.07, 6.45) is 1.19. The van der Waals surface area contributed by atoms with Gasteiger partial charge in [-0.25, -0.2) is 10.4 Å². The number of hydrazone groups is 1. The second kappa shape index (κ2) is 8.44. The molecule has 0 saturated carbocycles. The van der Waals surface area contributed by atoms with Crippen LogP contribution in [0, 0.1) is 10.1 Å². The van der Waals surface area contributed by atoms with Crippen molar-refractivity contribution in [3.05, 3.63) is 70.3 Å². The molecule has 156 valence electrons. The number of nitro groups is 1. The molecule has 10 heteroatoms. The third kappa shape index (κ3) is 4.05. The fourth-order valence-electron chi connectivity index (χ4n) is 3.20. The Morgan fingerprint density at radius 2 is 1.97 bits per heavy atom. The Balaban J connectivity index is 1.46. The number of imidazole rings is 1. The number of rotatable bonds is 6. The summed E-state index contributed by atoms with van der Waals surface area (Å²) in [6.45, 7) is 0. The van der Waals surface area contributed by atoms with Gasteiger partial charge in [-0.15, -0.1) is 0 Å². The number of phenols is 1. The van der Waals surface area contributed by atoms with E-state index in [4.69, 9.17) is 0 Å². The van der Waals surface area contributed by atoms with Crippen molar-refractivity contribution < 1.29 is 14.8 Å². The molecule has 0 aliphatic heterocycles. The smallest absolute Gasteiger partial charge is 0.278 e. The molecule has 0 radical (unpaired) electrons. The van der Waals surface area contributed by atoms with Crippen LogP contribution in [0.2, 0.25) is 0 Å². The average molecular weight is 435 g/mol. The number of nitrogens with one attached hydrogen (secondary N) is 1. The molecular formula is C21H17N5O4S. The Labute approximate surface area is 180 Å². The Morgan fingerprint density at radius 1 is 1.26 bits per heavy atom. The number of phenolic OH excluding ortho intramolecular Hbond substituents is 1. The highest BCUT2D eigenvalue weighted by Crippen LogP contribution is 2.34. The number of fused-ring (bicyclic) bond motifs is 2. The Hall–Kier alpha value is -3.92. The molecule has 9 nitrogen and oxygen atoms in total. The molecule has 4 rings (SSSR count). The highest BCUT2D eigenvalue weighted by molar-refractivity contribution is 7.99. The Morgan fingerprint density at radius 3 is 2.71 bits per heavy atom. The summed E-state index contributed by atoms with van der Waals surface area (Å²) in [6, 6.07) is 15.4. The number of non-ortho nitro benzene ring substituents is 1. The second-order valence-corrected chi connectivity index (χ2v) is 7.60. The third-order valence-corrected chi connectivity index (χ3v) is 5.72. The van der Waals surface area contributed by atoms with E-state index in [0.29, 0.717) is 15.9 Å². The molecular weight excluding hydrogens is 418 g/mol. The van der Waals surface area contributed by atoms with Crippen LogP contribution in [0.3, 0.4) is 0 Å². The minimum atomic E-state index is -0.523. The van der Waals surface area contributed by atoms with Crippen LogP contribution < -0.4 is 5.43 Å². The standard InChI is InChI=1S/C21H17N5O4S/c1-25-17-9-5-4-8-16(17)23-21(25)31-12-19(27)24-22-11-13-10-18(26(29)30)14-6-2-3-7-15(14)20(13)28/h2-11,28H,12H2,1H3,(H,24,27)/b22-11+. The van der Waals surface area contributed by atoms with Crippen molar-refractivity contribution in [2.24, 2.45) is 12.1 Å². The van der Waals surface area contributed by atoms with Crippen molar-refractivity contribution in [1.82, 2.24) is 15.0 Å². The summed E-state index contributed by atoms with van der Waals surface area (Å²) < 4.78 is 1.91. The zero-order valence-electron chi connectivity index (χ0n) is 16.3. The number of aromatic nitrogens is 2. The van der Waals surface area contributed by atoms with Crippen LogP contribution in [0.1, 0.15) is 5.56 Å². The van der Waals surface area contributed by atoms with E-state index < -0.39 is 4.92 Å². The molecule has 4 aromatic rings. The summed E-state index contributed by atoms with van der Waals surface area (Å²) in [5.74, 6) is -0.436. The van der Waals surface area contributed by atoms with E-state index in [1.54, 1.807) is 24.3 Å². The SMILES string of the molecule is Cn1c(SCC(=O)N/N=C/c2cc([N+](=O)[O-])c3ccccc3c2O)nc2ccccc21. The predicted molar refractivity (Wildman–Crippen MR) is 119 cm³/mol. The number of hydrogen-bond acceptors (Lipinski definition) is 7. The van der Waals surface area contributed by atoms with Crippen LogP contribution in [0.15, 0.2) is 64.9 Å². The molecule has 1 amide bonds. The van der Waals surface area contributed by atoms with Crippen LogP contribution in [-0.4, -0.2) is 37.5 Å². The molecule has 0 bridgehead atoms. The molecule has 0 aliphatic carbocycles.